The number of nitrogens with zero attached hydrogens (tertiary/aromatic N) is 1. The Balaban J connectivity index is 1.90. The SMILES string of the molecule is CC[C@H](Oc1ccc(OC)cc1)C(=O)NCc1ccncc1. The summed E-state index contributed by atoms with van der Waals surface area (Å²) in [4.78, 5) is 16.1. The average molecular weight is 300 g/mol. The van der Waals surface area contributed by atoms with Gasteiger partial charge in [0.05, 0.1) is 7.11 Å². The first-order valence-electron chi connectivity index (χ1n) is 7.20. The Labute approximate surface area is 130 Å². The fraction of sp³-hybridized carbons (Fsp3) is 0.294. The lowest BCUT2D eigenvalue weighted by Gasteiger charge is -2.17. The first-order chi connectivity index (χ1) is 10.7. The summed E-state index contributed by atoms with van der Waals surface area (Å²) in [6.07, 6.45) is 3.48. The fourth-order valence-electron chi connectivity index (χ4n) is 1.94. The molecule has 22 heavy (non-hydrogen) atoms. The molecule has 5 nitrogen and oxygen atoms in total. The van der Waals surface area contributed by atoms with Gasteiger partial charge in [-0.1, -0.05) is 6.92 Å². The maximum Gasteiger partial charge on any atom is 0.261 e. The highest BCUT2D eigenvalue weighted by molar-refractivity contribution is 5.81. The van der Waals surface area contributed by atoms with Crippen LogP contribution in [0.4, 0.5) is 0 Å². The third kappa shape index (κ3) is 4.48. The van der Waals surface area contributed by atoms with Crippen molar-refractivity contribution in [2.24, 2.45) is 0 Å². The second-order valence-corrected chi connectivity index (χ2v) is 4.76. The van der Waals surface area contributed by atoms with Crippen molar-refractivity contribution in [1.29, 1.82) is 0 Å². The zero-order chi connectivity index (χ0) is 15.8. The van der Waals surface area contributed by atoms with Crippen molar-refractivity contribution in [2.75, 3.05) is 7.11 Å². The van der Waals surface area contributed by atoms with Gasteiger partial charge in [-0.2, -0.15) is 0 Å². The van der Waals surface area contributed by atoms with Gasteiger partial charge in [0.2, 0.25) is 0 Å². The van der Waals surface area contributed by atoms with Gasteiger partial charge in [0, 0.05) is 18.9 Å². The predicted octanol–water partition coefficient (Wildman–Crippen LogP) is 2.56. The maximum absolute atomic E-state index is 12.2. The highest BCUT2D eigenvalue weighted by atomic mass is 16.5. The first kappa shape index (κ1) is 15.8. The second kappa shape index (κ2) is 8.02. The molecule has 5 heteroatoms. The van der Waals surface area contributed by atoms with Gasteiger partial charge in [-0.25, -0.2) is 0 Å². The Morgan fingerprint density at radius 3 is 2.36 bits per heavy atom. The van der Waals surface area contributed by atoms with Crippen molar-refractivity contribution in [3.63, 3.8) is 0 Å². The molecule has 1 aromatic carbocycles. The predicted molar refractivity (Wildman–Crippen MR) is 83.8 cm³/mol. The van der Waals surface area contributed by atoms with Crippen LogP contribution in [0, 0.1) is 0 Å². The van der Waals surface area contributed by atoms with Gasteiger partial charge in [0.15, 0.2) is 6.10 Å². The zero-order valence-corrected chi connectivity index (χ0v) is 12.8. The number of ether oxygens (including phenoxy) is 2. The number of hydrogen-bond acceptors (Lipinski definition) is 4. The Kier molecular flexibility index (Phi) is 5.77. The van der Waals surface area contributed by atoms with E-state index in [1.807, 2.05) is 19.1 Å². The van der Waals surface area contributed by atoms with Crippen LogP contribution in [0.25, 0.3) is 0 Å². The van der Waals surface area contributed by atoms with Crippen molar-refractivity contribution in [3.05, 3.63) is 54.4 Å². The minimum atomic E-state index is -0.518. The normalized spacial score (nSPS) is 11.5. The highest BCUT2D eigenvalue weighted by Gasteiger charge is 2.17. The number of methoxy groups -OCH3 is 1. The molecule has 0 aliphatic rings. The van der Waals surface area contributed by atoms with Gasteiger partial charge in [-0.15, -0.1) is 0 Å². The molecule has 1 atom stereocenters. The molecule has 1 amide bonds. The summed E-state index contributed by atoms with van der Waals surface area (Å²) in [6, 6.07) is 10.9. The Bertz CT molecular complexity index is 585. The second-order valence-electron chi connectivity index (χ2n) is 4.76. The van der Waals surface area contributed by atoms with Gasteiger partial charge < -0.3 is 14.8 Å². The Morgan fingerprint density at radius 2 is 1.77 bits per heavy atom. The van der Waals surface area contributed by atoms with Crippen molar-refractivity contribution < 1.29 is 14.3 Å². The van der Waals surface area contributed by atoms with E-state index in [1.54, 1.807) is 43.8 Å². The highest BCUT2D eigenvalue weighted by Crippen LogP contribution is 2.19. The first-order valence-corrected chi connectivity index (χ1v) is 7.20. The lowest BCUT2D eigenvalue weighted by Crippen LogP contribution is -2.37. The molecule has 1 aromatic heterocycles. The lowest BCUT2D eigenvalue weighted by molar-refractivity contribution is -0.128. The van der Waals surface area contributed by atoms with E-state index in [1.165, 1.54) is 0 Å². The summed E-state index contributed by atoms with van der Waals surface area (Å²) in [7, 11) is 1.61. The van der Waals surface area contributed by atoms with Crippen LogP contribution in [0.15, 0.2) is 48.8 Å². The monoisotopic (exact) mass is 300 g/mol. The van der Waals surface area contributed by atoms with Crippen molar-refractivity contribution >= 4 is 5.91 Å². The molecule has 0 aliphatic carbocycles. The quantitative estimate of drug-likeness (QED) is 0.853. The van der Waals surface area contributed by atoms with Crippen LogP contribution in [0.2, 0.25) is 0 Å². The van der Waals surface area contributed by atoms with Gasteiger partial charge in [0.1, 0.15) is 11.5 Å². The van der Waals surface area contributed by atoms with Crippen LogP contribution in [0.3, 0.4) is 0 Å². The Hall–Kier alpha value is -2.56. The standard InChI is InChI=1S/C17H20N2O3/c1-3-16(22-15-6-4-14(21-2)5-7-15)17(20)19-12-13-8-10-18-11-9-13/h4-11,16H,3,12H2,1-2H3,(H,19,20)/t16-/m0/s1. The molecule has 1 heterocycles. The minimum Gasteiger partial charge on any atom is -0.497 e. The van der Waals surface area contributed by atoms with E-state index in [2.05, 4.69) is 10.3 Å². The van der Waals surface area contributed by atoms with Crippen molar-refractivity contribution in [3.8, 4) is 11.5 Å². The number of hydrogen-bond donors (Lipinski definition) is 1. The minimum absolute atomic E-state index is 0.130. The fourth-order valence-corrected chi connectivity index (χ4v) is 1.94. The van der Waals surface area contributed by atoms with Gasteiger partial charge in [0.25, 0.3) is 5.91 Å². The maximum atomic E-state index is 12.2. The van der Waals surface area contributed by atoms with Crippen LogP contribution in [-0.2, 0) is 11.3 Å². The molecular formula is C17H20N2O3. The topological polar surface area (TPSA) is 60.5 Å². The number of carbonyl (C=O) groups excluding carboxylic acids is 1. The van der Waals surface area contributed by atoms with Crippen molar-refractivity contribution in [2.45, 2.75) is 26.0 Å². The molecule has 0 saturated carbocycles. The van der Waals surface area contributed by atoms with Gasteiger partial charge in [-0.3, -0.25) is 9.78 Å². The van der Waals surface area contributed by atoms with Crippen LogP contribution in [0.1, 0.15) is 18.9 Å². The molecule has 0 radical (unpaired) electrons. The van der Waals surface area contributed by atoms with Crippen molar-refractivity contribution in [1.82, 2.24) is 10.3 Å². The summed E-state index contributed by atoms with van der Waals surface area (Å²) in [6.45, 7) is 2.38. The molecule has 0 unspecified atom stereocenters. The van der Waals surface area contributed by atoms with Crippen LogP contribution >= 0.6 is 0 Å². The van der Waals surface area contributed by atoms with E-state index in [4.69, 9.17) is 9.47 Å². The molecule has 2 rings (SSSR count). The molecule has 116 valence electrons. The number of aromatic nitrogens is 1. The van der Waals surface area contributed by atoms with Crippen LogP contribution in [-0.4, -0.2) is 24.1 Å². The lowest BCUT2D eigenvalue weighted by atomic mass is 10.2. The van der Waals surface area contributed by atoms with E-state index in [0.717, 1.165) is 11.3 Å². The number of rotatable bonds is 7. The third-order valence-corrected chi connectivity index (χ3v) is 3.22. The van der Waals surface area contributed by atoms with Gasteiger partial charge >= 0.3 is 0 Å². The molecule has 0 spiro atoms. The van der Waals surface area contributed by atoms with Crippen LogP contribution in [0.5, 0.6) is 11.5 Å². The molecular weight excluding hydrogens is 280 g/mol. The van der Waals surface area contributed by atoms with E-state index in [0.29, 0.717) is 18.7 Å². The number of carbonyl (C=O) groups is 1. The van der Waals surface area contributed by atoms with E-state index in [9.17, 15) is 4.79 Å². The number of pyridine rings is 1. The largest absolute Gasteiger partial charge is 0.497 e. The molecule has 0 saturated heterocycles. The molecule has 2 aromatic rings. The summed E-state index contributed by atoms with van der Waals surface area (Å²) < 4.78 is 10.8. The van der Waals surface area contributed by atoms with E-state index < -0.39 is 6.10 Å². The molecule has 0 bridgehead atoms. The average Bonchev–Trinajstić information content (AvgIpc) is 2.59. The smallest absolute Gasteiger partial charge is 0.261 e. The van der Waals surface area contributed by atoms with E-state index >= 15 is 0 Å². The summed E-state index contributed by atoms with van der Waals surface area (Å²) >= 11 is 0. The third-order valence-electron chi connectivity index (χ3n) is 3.22. The van der Waals surface area contributed by atoms with E-state index in [-0.39, 0.29) is 5.91 Å². The summed E-state index contributed by atoms with van der Waals surface area (Å²) in [5.41, 5.74) is 1.00. The summed E-state index contributed by atoms with van der Waals surface area (Å²) in [5.74, 6) is 1.27. The zero-order valence-electron chi connectivity index (χ0n) is 12.8. The van der Waals surface area contributed by atoms with Crippen LogP contribution < -0.4 is 14.8 Å². The number of amides is 1. The molecule has 0 aliphatic heterocycles. The number of benzene rings is 1. The Morgan fingerprint density at radius 1 is 1.14 bits per heavy atom. The van der Waals surface area contributed by atoms with Gasteiger partial charge in [-0.05, 0) is 48.4 Å². The number of nitrogens with one attached hydrogen (secondary N) is 1. The summed E-state index contributed by atoms with van der Waals surface area (Å²) in [5, 5.41) is 2.88. The molecule has 0 fully saturated rings. The molecule has 1 N–H and O–H groups in total.